The van der Waals surface area contributed by atoms with Crippen LogP contribution in [-0.2, 0) is 9.59 Å². The monoisotopic (exact) mass is 382 g/mol. The first-order valence-corrected chi connectivity index (χ1v) is 10.4. The molecule has 5 rings (SSSR count). The highest BCUT2D eigenvalue weighted by atomic mass is 16.6. The summed E-state index contributed by atoms with van der Waals surface area (Å²) < 4.78 is 11.2. The number of nitrogens with one attached hydrogen (secondary N) is 1. The number of carbonyl (C=O) groups is 2. The zero-order chi connectivity index (χ0) is 19.1. The van der Waals surface area contributed by atoms with E-state index in [0.717, 1.165) is 44.2 Å². The van der Waals surface area contributed by atoms with Crippen molar-refractivity contribution in [2.24, 2.45) is 5.41 Å². The quantitative estimate of drug-likeness (QED) is 0.867. The van der Waals surface area contributed by atoms with E-state index in [9.17, 15) is 9.59 Å². The van der Waals surface area contributed by atoms with Gasteiger partial charge in [0, 0.05) is 29.9 Å². The number of benzene rings is 1. The normalized spacial score (nSPS) is 26.8. The fourth-order valence-electron chi connectivity index (χ4n) is 5.21. The third-order valence-corrected chi connectivity index (χ3v) is 6.62. The van der Waals surface area contributed by atoms with E-state index in [2.05, 4.69) is 11.4 Å². The highest BCUT2D eigenvalue weighted by molar-refractivity contribution is 6.00. The molecule has 1 atom stereocenters. The second-order valence-corrected chi connectivity index (χ2v) is 8.22. The maximum absolute atomic E-state index is 13.4. The minimum atomic E-state index is -0.593. The molecule has 2 fully saturated rings. The molecule has 28 heavy (non-hydrogen) atoms. The molecule has 148 valence electrons. The number of likely N-dealkylation sites (tertiary alicyclic amines) is 1. The number of amides is 2. The number of hydrogen-bond acceptors (Lipinski definition) is 4. The first-order valence-electron chi connectivity index (χ1n) is 10.4. The number of fused-ring (bicyclic) bond motifs is 2. The molecule has 2 aliphatic heterocycles. The zero-order valence-corrected chi connectivity index (χ0v) is 16.0. The van der Waals surface area contributed by atoms with Crippen LogP contribution < -0.4 is 14.8 Å². The predicted molar refractivity (Wildman–Crippen MR) is 104 cm³/mol. The third kappa shape index (κ3) is 2.77. The topological polar surface area (TPSA) is 67.9 Å². The Morgan fingerprint density at radius 2 is 1.89 bits per heavy atom. The van der Waals surface area contributed by atoms with Crippen LogP contribution in [0.5, 0.6) is 11.5 Å². The Bertz CT molecular complexity index is 843. The van der Waals surface area contributed by atoms with E-state index in [1.807, 2.05) is 23.1 Å². The molecular weight excluding hydrogens is 356 g/mol. The minimum absolute atomic E-state index is 0.0107. The second-order valence-electron chi connectivity index (χ2n) is 8.22. The van der Waals surface area contributed by atoms with Crippen LogP contribution in [0.15, 0.2) is 30.0 Å². The van der Waals surface area contributed by atoms with Gasteiger partial charge in [0.2, 0.25) is 11.8 Å². The van der Waals surface area contributed by atoms with Crippen molar-refractivity contribution >= 4 is 17.5 Å². The lowest BCUT2D eigenvalue weighted by Gasteiger charge is -2.44. The lowest BCUT2D eigenvalue weighted by molar-refractivity contribution is -0.139. The van der Waals surface area contributed by atoms with Crippen molar-refractivity contribution in [1.29, 1.82) is 0 Å². The van der Waals surface area contributed by atoms with Gasteiger partial charge in [-0.05, 0) is 44.2 Å². The molecule has 0 radical (unpaired) electrons. The van der Waals surface area contributed by atoms with E-state index >= 15 is 0 Å². The van der Waals surface area contributed by atoms with Crippen LogP contribution in [0, 0.1) is 5.41 Å². The average Bonchev–Trinajstić information content (AvgIpc) is 3.38. The third-order valence-electron chi connectivity index (χ3n) is 6.62. The Hall–Kier alpha value is -2.50. The molecule has 6 heteroatoms. The Morgan fingerprint density at radius 3 is 2.71 bits per heavy atom. The Morgan fingerprint density at radius 1 is 1.11 bits per heavy atom. The van der Waals surface area contributed by atoms with Gasteiger partial charge < -0.3 is 19.7 Å². The summed E-state index contributed by atoms with van der Waals surface area (Å²) in [6.45, 7) is 1.06. The van der Waals surface area contributed by atoms with Crippen molar-refractivity contribution < 1.29 is 19.1 Å². The van der Waals surface area contributed by atoms with Gasteiger partial charge in [-0.3, -0.25) is 9.59 Å². The minimum Gasteiger partial charge on any atom is -0.486 e. The van der Waals surface area contributed by atoms with E-state index in [0.29, 0.717) is 43.2 Å². The molecule has 1 aromatic rings. The lowest BCUT2D eigenvalue weighted by atomic mass is 9.75. The van der Waals surface area contributed by atoms with Gasteiger partial charge in [0.15, 0.2) is 11.5 Å². The first kappa shape index (κ1) is 17.6. The van der Waals surface area contributed by atoms with E-state index in [-0.39, 0.29) is 17.9 Å². The van der Waals surface area contributed by atoms with Crippen molar-refractivity contribution in [2.45, 2.75) is 57.4 Å². The SMILES string of the molecule is O=C1CC[C@]2(C(=O)Nc3ccc4c(c3)OCCO4)CCC=C2N1C1CCCC1. The van der Waals surface area contributed by atoms with Gasteiger partial charge in [-0.1, -0.05) is 18.9 Å². The van der Waals surface area contributed by atoms with Crippen LogP contribution in [0.3, 0.4) is 0 Å². The van der Waals surface area contributed by atoms with Gasteiger partial charge in [0.05, 0.1) is 5.41 Å². The molecule has 2 heterocycles. The number of allylic oxidation sites excluding steroid dienone is 1. The number of ether oxygens (including phenoxy) is 2. The molecule has 4 aliphatic rings. The van der Waals surface area contributed by atoms with Crippen LogP contribution in [0.4, 0.5) is 5.69 Å². The fourth-order valence-corrected chi connectivity index (χ4v) is 5.21. The molecule has 2 aliphatic carbocycles. The zero-order valence-electron chi connectivity index (χ0n) is 16.0. The van der Waals surface area contributed by atoms with Crippen molar-refractivity contribution in [2.75, 3.05) is 18.5 Å². The standard InChI is InChI=1S/C22H26N2O4/c25-20-9-11-22(10-3-6-19(22)24(20)16-4-1-2-5-16)21(26)23-15-7-8-17-18(14-15)28-13-12-27-17/h6-8,14,16H,1-5,9-13H2,(H,23,26)/t22-/m1/s1. The van der Waals surface area contributed by atoms with Crippen LogP contribution >= 0.6 is 0 Å². The molecule has 1 N–H and O–H groups in total. The van der Waals surface area contributed by atoms with Gasteiger partial charge in [-0.15, -0.1) is 0 Å². The molecular formula is C22H26N2O4. The summed E-state index contributed by atoms with van der Waals surface area (Å²) in [5.41, 5.74) is 1.06. The number of piperidine rings is 1. The highest BCUT2D eigenvalue weighted by Gasteiger charge is 2.52. The first-order chi connectivity index (χ1) is 13.7. The Balaban J connectivity index is 1.40. The fraction of sp³-hybridized carbons (Fsp3) is 0.545. The van der Waals surface area contributed by atoms with Crippen molar-refractivity contribution in [1.82, 2.24) is 4.90 Å². The number of carbonyl (C=O) groups excluding carboxylic acids is 2. The summed E-state index contributed by atoms with van der Waals surface area (Å²) in [5, 5.41) is 3.10. The Labute approximate surface area is 164 Å². The van der Waals surface area contributed by atoms with Crippen molar-refractivity contribution in [3.63, 3.8) is 0 Å². The average molecular weight is 382 g/mol. The summed E-state index contributed by atoms with van der Waals surface area (Å²) >= 11 is 0. The second kappa shape index (κ2) is 6.83. The van der Waals surface area contributed by atoms with Crippen LogP contribution in [-0.4, -0.2) is 36.0 Å². The maximum Gasteiger partial charge on any atom is 0.236 e. The molecule has 1 saturated heterocycles. The Kier molecular flexibility index (Phi) is 4.29. The predicted octanol–water partition coefficient (Wildman–Crippen LogP) is 3.63. The van der Waals surface area contributed by atoms with E-state index < -0.39 is 5.41 Å². The molecule has 1 aromatic carbocycles. The molecule has 2 amide bonds. The van der Waals surface area contributed by atoms with Gasteiger partial charge in [0.1, 0.15) is 13.2 Å². The number of anilines is 1. The maximum atomic E-state index is 13.4. The van der Waals surface area contributed by atoms with E-state index in [4.69, 9.17) is 9.47 Å². The van der Waals surface area contributed by atoms with Crippen molar-refractivity contribution in [3.8, 4) is 11.5 Å². The van der Waals surface area contributed by atoms with Gasteiger partial charge in [0.25, 0.3) is 0 Å². The van der Waals surface area contributed by atoms with Crippen LogP contribution in [0.25, 0.3) is 0 Å². The van der Waals surface area contributed by atoms with E-state index in [1.165, 1.54) is 0 Å². The molecule has 0 spiro atoms. The largest absolute Gasteiger partial charge is 0.486 e. The summed E-state index contributed by atoms with van der Waals surface area (Å²) in [7, 11) is 0. The smallest absolute Gasteiger partial charge is 0.236 e. The molecule has 6 nitrogen and oxygen atoms in total. The summed E-state index contributed by atoms with van der Waals surface area (Å²) in [6, 6.07) is 5.77. The molecule has 0 unspecified atom stereocenters. The van der Waals surface area contributed by atoms with Crippen molar-refractivity contribution in [3.05, 3.63) is 30.0 Å². The van der Waals surface area contributed by atoms with E-state index in [1.54, 1.807) is 0 Å². The summed E-state index contributed by atoms with van der Waals surface area (Å²) in [5.74, 6) is 1.54. The molecule has 0 bridgehead atoms. The number of rotatable bonds is 3. The summed E-state index contributed by atoms with van der Waals surface area (Å²) in [6.07, 6.45) is 9.20. The highest BCUT2D eigenvalue weighted by Crippen LogP contribution is 2.50. The lowest BCUT2D eigenvalue weighted by Crippen LogP contribution is -2.51. The molecule has 1 saturated carbocycles. The van der Waals surface area contributed by atoms with Crippen LogP contribution in [0.2, 0.25) is 0 Å². The van der Waals surface area contributed by atoms with Gasteiger partial charge in [-0.2, -0.15) is 0 Å². The van der Waals surface area contributed by atoms with Gasteiger partial charge in [-0.25, -0.2) is 0 Å². The number of nitrogens with zero attached hydrogens (tertiary/aromatic N) is 1. The van der Waals surface area contributed by atoms with Gasteiger partial charge >= 0.3 is 0 Å². The summed E-state index contributed by atoms with van der Waals surface area (Å²) in [4.78, 5) is 28.2. The van der Waals surface area contributed by atoms with Crippen LogP contribution in [0.1, 0.15) is 51.4 Å². The number of hydrogen-bond donors (Lipinski definition) is 1. The molecule has 0 aromatic heterocycles.